The number of anilines is 1. The van der Waals surface area contributed by atoms with E-state index >= 15 is 0 Å². The first-order chi connectivity index (χ1) is 11.7. The molecule has 1 aliphatic heterocycles. The third-order valence-electron chi connectivity index (χ3n) is 3.56. The lowest BCUT2D eigenvalue weighted by molar-refractivity contribution is 0.0388. The van der Waals surface area contributed by atoms with Gasteiger partial charge in [0.2, 0.25) is 0 Å². The molecule has 1 aromatic heterocycles. The number of nitrogens with one attached hydrogen (secondary N) is 2. The number of carbonyl (C=O) groups excluding carboxylic acids is 1. The summed E-state index contributed by atoms with van der Waals surface area (Å²) in [6, 6.07) is 4.85. The van der Waals surface area contributed by atoms with Crippen LogP contribution in [0.3, 0.4) is 0 Å². The predicted octanol–water partition coefficient (Wildman–Crippen LogP) is 1.61. The van der Waals surface area contributed by atoms with Crippen molar-refractivity contribution in [3.8, 4) is 12.0 Å². The molecule has 1 aromatic carbocycles. The van der Waals surface area contributed by atoms with E-state index in [0.29, 0.717) is 17.4 Å². The standard InChI is InChI=1S/C15H17N5O3S/c16-10-23-11-1-2-12-13(9-11)24-15(18-12)19-14(21)17-3-4-20-5-7-22-8-6-20/h1-2,9H,3-8H2,(H2,17,18,19,21). The van der Waals surface area contributed by atoms with E-state index in [2.05, 4.69) is 20.5 Å². The highest BCUT2D eigenvalue weighted by atomic mass is 32.1. The number of ether oxygens (including phenoxy) is 2. The van der Waals surface area contributed by atoms with Gasteiger partial charge in [0, 0.05) is 32.2 Å². The Morgan fingerprint density at radius 2 is 2.29 bits per heavy atom. The largest absolute Gasteiger partial charge is 0.388 e. The molecular weight excluding hydrogens is 330 g/mol. The van der Waals surface area contributed by atoms with Gasteiger partial charge in [0.15, 0.2) is 5.13 Å². The maximum atomic E-state index is 11.9. The number of nitrogens with zero attached hydrogens (tertiary/aromatic N) is 3. The number of urea groups is 1. The van der Waals surface area contributed by atoms with Crippen molar-refractivity contribution in [2.24, 2.45) is 0 Å². The van der Waals surface area contributed by atoms with E-state index in [9.17, 15) is 4.79 Å². The van der Waals surface area contributed by atoms with Crippen LogP contribution in [0.4, 0.5) is 9.93 Å². The second-order valence-electron chi connectivity index (χ2n) is 5.18. The second-order valence-corrected chi connectivity index (χ2v) is 6.21. The molecule has 0 bridgehead atoms. The van der Waals surface area contributed by atoms with Crippen molar-refractivity contribution < 1.29 is 14.3 Å². The lowest BCUT2D eigenvalue weighted by atomic mass is 10.3. The van der Waals surface area contributed by atoms with Crippen LogP contribution in [0.5, 0.6) is 5.75 Å². The lowest BCUT2D eigenvalue weighted by Crippen LogP contribution is -2.42. The van der Waals surface area contributed by atoms with Crippen molar-refractivity contribution in [3.05, 3.63) is 18.2 Å². The van der Waals surface area contributed by atoms with Gasteiger partial charge < -0.3 is 14.8 Å². The molecular formula is C15H17N5O3S. The van der Waals surface area contributed by atoms with Gasteiger partial charge in [0.1, 0.15) is 5.75 Å². The molecule has 2 N–H and O–H groups in total. The van der Waals surface area contributed by atoms with Crippen LogP contribution in [-0.2, 0) is 4.74 Å². The fourth-order valence-electron chi connectivity index (χ4n) is 2.37. The van der Waals surface area contributed by atoms with Crippen LogP contribution in [0, 0.1) is 11.5 Å². The Balaban J connectivity index is 1.50. The minimum atomic E-state index is -0.282. The highest BCUT2D eigenvalue weighted by molar-refractivity contribution is 7.22. The third-order valence-corrected chi connectivity index (χ3v) is 4.49. The molecule has 24 heavy (non-hydrogen) atoms. The van der Waals surface area contributed by atoms with Crippen LogP contribution < -0.4 is 15.4 Å². The maximum Gasteiger partial charge on any atom is 0.321 e. The predicted molar refractivity (Wildman–Crippen MR) is 90.1 cm³/mol. The summed E-state index contributed by atoms with van der Waals surface area (Å²) >= 11 is 1.33. The number of aromatic nitrogens is 1. The molecule has 126 valence electrons. The minimum Gasteiger partial charge on any atom is -0.388 e. The summed E-state index contributed by atoms with van der Waals surface area (Å²) in [4.78, 5) is 18.5. The number of benzene rings is 1. The Morgan fingerprint density at radius 1 is 1.46 bits per heavy atom. The zero-order valence-corrected chi connectivity index (χ0v) is 13.8. The number of rotatable bonds is 5. The average molecular weight is 347 g/mol. The molecule has 0 spiro atoms. The van der Waals surface area contributed by atoms with E-state index in [1.807, 2.05) is 0 Å². The molecule has 2 amide bonds. The molecule has 1 saturated heterocycles. The molecule has 0 saturated carbocycles. The van der Waals surface area contributed by atoms with E-state index in [1.54, 1.807) is 24.5 Å². The molecule has 1 aliphatic rings. The van der Waals surface area contributed by atoms with Gasteiger partial charge in [0.05, 0.1) is 23.4 Å². The zero-order chi connectivity index (χ0) is 16.8. The van der Waals surface area contributed by atoms with Crippen molar-refractivity contribution in [2.75, 3.05) is 44.7 Å². The number of hydrogen-bond donors (Lipinski definition) is 2. The molecule has 0 atom stereocenters. The summed E-state index contributed by atoms with van der Waals surface area (Å²) in [6.45, 7) is 4.65. The van der Waals surface area contributed by atoms with Gasteiger partial charge in [-0.25, -0.2) is 9.78 Å². The van der Waals surface area contributed by atoms with E-state index in [-0.39, 0.29) is 6.03 Å². The van der Waals surface area contributed by atoms with Crippen molar-refractivity contribution in [2.45, 2.75) is 0 Å². The maximum absolute atomic E-state index is 11.9. The number of carbonyl (C=O) groups is 1. The third kappa shape index (κ3) is 4.32. The highest BCUT2D eigenvalue weighted by Gasteiger charge is 2.11. The van der Waals surface area contributed by atoms with Crippen molar-refractivity contribution in [1.82, 2.24) is 15.2 Å². The lowest BCUT2D eigenvalue weighted by Gasteiger charge is -2.26. The molecule has 8 nitrogen and oxygen atoms in total. The number of amides is 2. The van der Waals surface area contributed by atoms with Crippen molar-refractivity contribution in [3.63, 3.8) is 0 Å². The van der Waals surface area contributed by atoms with Crippen LogP contribution in [0.25, 0.3) is 10.2 Å². The number of morpholine rings is 1. The number of thiazole rings is 1. The molecule has 1 fully saturated rings. The summed E-state index contributed by atoms with van der Waals surface area (Å²) in [5.74, 6) is 0.454. The number of hydrogen-bond acceptors (Lipinski definition) is 7. The summed E-state index contributed by atoms with van der Waals surface area (Å²) < 4.78 is 10.9. The van der Waals surface area contributed by atoms with Crippen molar-refractivity contribution >= 4 is 32.7 Å². The van der Waals surface area contributed by atoms with E-state index in [4.69, 9.17) is 14.7 Å². The Morgan fingerprint density at radius 3 is 3.08 bits per heavy atom. The first-order valence-corrected chi connectivity index (χ1v) is 8.38. The fourth-order valence-corrected chi connectivity index (χ4v) is 3.26. The van der Waals surface area contributed by atoms with Gasteiger partial charge in [-0.3, -0.25) is 10.2 Å². The van der Waals surface area contributed by atoms with E-state index in [0.717, 1.165) is 43.1 Å². The van der Waals surface area contributed by atoms with Crippen LogP contribution in [-0.4, -0.2) is 55.3 Å². The first-order valence-electron chi connectivity index (χ1n) is 7.56. The summed E-state index contributed by atoms with van der Waals surface area (Å²) in [5.41, 5.74) is 0.744. The van der Waals surface area contributed by atoms with Gasteiger partial charge in [-0.2, -0.15) is 0 Å². The smallest absolute Gasteiger partial charge is 0.321 e. The Bertz CT molecular complexity index is 751. The topological polar surface area (TPSA) is 99.5 Å². The van der Waals surface area contributed by atoms with E-state index in [1.165, 1.54) is 11.3 Å². The molecule has 2 aromatic rings. The number of fused-ring (bicyclic) bond motifs is 1. The van der Waals surface area contributed by atoms with Crippen LogP contribution in [0.2, 0.25) is 0 Å². The van der Waals surface area contributed by atoms with Crippen LogP contribution in [0.15, 0.2) is 18.2 Å². The fraction of sp³-hybridized carbons (Fsp3) is 0.400. The summed E-state index contributed by atoms with van der Waals surface area (Å²) in [7, 11) is 0. The van der Waals surface area contributed by atoms with Gasteiger partial charge in [-0.05, 0) is 12.1 Å². The van der Waals surface area contributed by atoms with Gasteiger partial charge in [-0.1, -0.05) is 11.3 Å². The zero-order valence-electron chi connectivity index (χ0n) is 12.9. The van der Waals surface area contributed by atoms with Gasteiger partial charge in [0.25, 0.3) is 6.26 Å². The Kier molecular flexibility index (Phi) is 5.43. The van der Waals surface area contributed by atoms with Crippen LogP contribution >= 0.6 is 11.3 Å². The quantitative estimate of drug-likeness (QED) is 0.797. The molecule has 3 rings (SSSR count). The van der Waals surface area contributed by atoms with Crippen LogP contribution in [0.1, 0.15) is 0 Å². The molecule has 0 aliphatic carbocycles. The second kappa shape index (κ2) is 7.92. The SMILES string of the molecule is N#COc1ccc2nc(NC(=O)NCCN3CCOCC3)sc2c1. The monoisotopic (exact) mass is 347 g/mol. The highest BCUT2D eigenvalue weighted by Crippen LogP contribution is 2.29. The van der Waals surface area contributed by atoms with E-state index < -0.39 is 0 Å². The van der Waals surface area contributed by atoms with Gasteiger partial charge in [-0.15, -0.1) is 5.26 Å². The molecule has 2 heterocycles. The van der Waals surface area contributed by atoms with Gasteiger partial charge >= 0.3 is 6.03 Å². The summed E-state index contributed by atoms with van der Waals surface area (Å²) in [5, 5.41) is 14.6. The number of nitriles is 1. The molecule has 0 unspecified atom stereocenters. The normalized spacial score (nSPS) is 15.0. The first kappa shape index (κ1) is 16.4. The molecule has 0 radical (unpaired) electrons. The Hall–Kier alpha value is -2.41. The minimum absolute atomic E-state index is 0.282. The van der Waals surface area contributed by atoms with Crippen molar-refractivity contribution in [1.29, 1.82) is 5.26 Å². The average Bonchev–Trinajstić information content (AvgIpc) is 2.97. The Labute approximate surface area is 143 Å². The molecule has 9 heteroatoms. The summed E-state index contributed by atoms with van der Waals surface area (Å²) in [6.07, 6.45) is 1.63.